The number of urea groups is 1. The van der Waals surface area contributed by atoms with Crippen molar-refractivity contribution >= 4 is 93.1 Å². The van der Waals surface area contributed by atoms with Gasteiger partial charge in [-0.25, -0.2) is 25.5 Å². The van der Waals surface area contributed by atoms with Gasteiger partial charge in [-0.1, -0.05) is 38.1 Å². The molecule has 0 radical (unpaired) electrons. The summed E-state index contributed by atoms with van der Waals surface area (Å²) in [6.45, 7) is 15.2. The number of rotatable bonds is 35. The quantitative estimate of drug-likeness (QED) is 0.0155. The van der Waals surface area contributed by atoms with E-state index in [4.69, 9.17) is 52.0 Å². The van der Waals surface area contributed by atoms with Crippen molar-refractivity contribution in [2.75, 3.05) is 88.3 Å². The van der Waals surface area contributed by atoms with Gasteiger partial charge in [0.15, 0.2) is 0 Å². The van der Waals surface area contributed by atoms with Crippen LogP contribution in [0.25, 0.3) is 22.1 Å². The summed E-state index contributed by atoms with van der Waals surface area (Å²) in [5.41, 5.74) is 21.2. The van der Waals surface area contributed by atoms with E-state index in [1.807, 2.05) is 26.0 Å². The smallest absolute Gasteiger partial charge is 0.410 e. The molecule has 2 fully saturated rings. The first-order chi connectivity index (χ1) is 48.4. The number of amides is 10. The molecule has 2 atom stereocenters. The van der Waals surface area contributed by atoms with Gasteiger partial charge in [0, 0.05) is 82.1 Å². The standard InChI is InChI=1S/C67H88N20O14/c1-7-86-51(31-41(5)80-86)60(92)78-64-75-48-33-44(57(68)89)16-19-50(48)84(64)23-9-10-24-85-56-49(76-65(85)79-61(93)52-32-42(6)81-87(52)8-2)34-45(58(69)90)35-53(56)98-26-12-22-82-37-67(38-82)39-83(25-28-100-67)66(96)99-36-43-14-17-46(18-15-43)73-59(91)47(13-11-21-72-63(70)95)74-62(94)55(40(3)4)77-54(88)20-27-97-29-30-101-71/h9-10,14-19,31-35,40,47,55H,7-8,11-13,20-30,36-39,71H2,1-6H3,(H2,68,89)(H2,69,90)(H,73,91)(H,74,94)(H,77,88)(H3,70,72,95)(H,75,78,92)(H,76,79,93)/b10-9+/t47-,55-/m0/s1. The van der Waals surface area contributed by atoms with E-state index in [0.29, 0.717) is 115 Å². The van der Waals surface area contributed by atoms with E-state index < -0.39 is 71.2 Å². The van der Waals surface area contributed by atoms with Gasteiger partial charge in [0.25, 0.3) is 11.8 Å². The van der Waals surface area contributed by atoms with Crippen LogP contribution in [0.5, 0.6) is 5.75 Å². The predicted octanol–water partition coefficient (Wildman–Crippen LogP) is 3.20. The van der Waals surface area contributed by atoms with Crippen molar-refractivity contribution in [2.45, 2.75) is 118 Å². The number of likely N-dealkylation sites (tertiary alicyclic amines) is 1. The van der Waals surface area contributed by atoms with Gasteiger partial charge in [0.1, 0.15) is 46.9 Å². The minimum absolute atomic E-state index is 0.0249. The highest BCUT2D eigenvalue weighted by Crippen LogP contribution is 2.34. The number of nitrogens with one attached hydrogen (secondary N) is 6. The Kier molecular flexibility index (Phi) is 25.3. The Balaban J connectivity index is 0.812. The normalized spacial score (nSPS) is 14.2. The topological polar surface area (TPSA) is 454 Å². The van der Waals surface area contributed by atoms with E-state index in [2.05, 4.69) is 51.8 Å². The van der Waals surface area contributed by atoms with E-state index in [1.165, 1.54) is 6.07 Å². The highest BCUT2D eigenvalue weighted by Gasteiger charge is 2.48. The molecule has 0 bridgehead atoms. The summed E-state index contributed by atoms with van der Waals surface area (Å²) in [6.07, 6.45) is 4.07. The molecular formula is C67H88N20O14. The van der Waals surface area contributed by atoms with Crippen LogP contribution in [0.3, 0.4) is 0 Å². The molecule has 2 saturated heterocycles. The summed E-state index contributed by atoms with van der Waals surface area (Å²) >= 11 is 0. The number of fused-ring (bicyclic) bond motifs is 2. The third-order valence-corrected chi connectivity index (χ3v) is 16.9. The summed E-state index contributed by atoms with van der Waals surface area (Å²) in [5.74, 6) is 1.43. The number of ether oxygens (including phenoxy) is 4. The molecule has 10 amide bonds. The molecule has 0 aliphatic carbocycles. The van der Waals surface area contributed by atoms with Crippen LogP contribution in [0.2, 0.25) is 0 Å². The van der Waals surface area contributed by atoms with Crippen LogP contribution in [0.15, 0.2) is 78.9 Å². The van der Waals surface area contributed by atoms with Gasteiger partial charge in [-0.15, -0.1) is 0 Å². The van der Waals surface area contributed by atoms with Crippen molar-refractivity contribution in [1.82, 2.24) is 64.4 Å². The number of aryl methyl sites for hydroxylation is 4. The van der Waals surface area contributed by atoms with E-state index >= 15 is 0 Å². The van der Waals surface area contributed by atoms with Gasteiger partial charge >= 0.3 is 12.1 Å². The lowest BCUT2D eigenvalue weighted by Gasteiger charge is -2.53. The molecule has 4 aromatic heterocycles. The zero-order valence-corrected chi connectivity index (χ0v) is 57.4. The molecule has 34 heteroatoms. The largest absolute Gasteiger partial charge is 0.491 e. The monoisotopic (exact) mass is 1400 g/mol. The first-order valence-electron chi connectivity index (χ1n) is 33.3. The molecule has 2 aliphatic heterocycles. The Morgan fingerprint density at radius 1 is 0.703 bits per heavy atom. The molecular weight excluding hydrogens is 1310 g/mol. The highest BCUT2D eigenvalue weighted by molar-refractivity contribution is 6.05. The van der Waals surface area contributed by atoms with Crippen LogP contribution in [-0.4, -0.2) is 192 Å². The number of nitrogens with zero attached hydrogens (tertiary/aromatic N) is 10. The van der Waals surface area contributed by atoms with Crippen molar-refractivity contribution in [1.29, 1.82) is 0 Å². The summed E-state index contributed by atoms with van der Waals surface area (Å²) in [6, 6.07) is 15.1. The summed E-state index contributed by atoms with van der Waals surface area (Å²) in [7, 11) is 0. The summed E-state index contributed by atoms with van der Waals surface area (Å²) < 4.78 is 30.5. The van der Waals surface area contributed by atoms with E-state index in [-0.39, 0.29) is 107 Å². The number of hydrogen-bond acceptors (Lipinski definition) is 20. The van der Waals surface area contributed by atoms with Crippen LogP contribution >= 0.6 is 0 Å². The van der Waals surface area contributed by atoms with Crippen molar-refractivity contribution in [3.8, 4) is 5.75 Å². The van der Waals surface area contributed by atoms with Crippen molar-refractivity contribution in [3.63, 3.8) is 0 Å². The van der Waals surface area contributed by atoms with Gasteiger partial charge in [-0.2, -0.15) is 10.2 Å². The fourth-order valence-electron chi connectivity index (χ4n) is 11.9. The van der Waals surface area contributed by atoms with Gasteiger partial charge in [0.05, 0.1) is 67.5 Å². The minimum Gasteiger partial charge on any atom is -0.491 e. The molecule has 0 unspecified atom stereocenters. The third-order valence-electron chi connectivity index (χ3n) is 16.9. The average Bonchev–Trinajstić information content (AvgIpc) is 1.76. The van der Waals surface area contributed by atoms with E-state index in [0.717, 1.165) is 0 Å². The fraction of sp³-hybridized carbons (Fsp3) is 0.448. The summed E-state index contributed by atoms with van der Waals surface area (Å²) in [4.78, 5) is 136. The van der Waals surface area contributed by atoms with Gasteiger partial charge in [0.2, 0.25) is 41.4 Å². The number of anilines is 3. The zero-order valence-electron chi connectivity index (χ0n) is 57.4. The molecule has 540 valence electrons. The first-order valence-corrected chi connectivity index (χ1v) is 33.3. The van der Waals surface area contributed by atoms with E-state index in [9.17, 15) is 43.2 Å². The molecule has 3 aromatic carbocycles. The van der Waals surface area contributed by atoms with Crippen molar-refractivity contribution in [2.24, 2.45) is 29.0 Å². The average molecular weight is 1400 g/mol. The molecule has 1 spiro atoms. The molecule has 34 nitrogen and oxygen atoms in total. The number of carbonyl (C=O) groups excluding carboxylic acids is 9. The second-order valence-electron chi connectivity index (χ2n) is 24.8. The Hall–Kier alpha value is -10.8. The number of aromatic nitrogens is 8. The van der Waals surface area contributed by atoms with Crippen LogP contribution in [0, 0.1) is 19.8 Å². The lowest BCUT2D eigenvalue weighted by atomic mass is 9.91. The number of benzene rings is 3. The number of imidazole rings is 2. The maximum Gasteiger partial charge on any atom is 0.410 e. The minimum atomic E-state index is -1.07. The number of morpholine rings is 1. The number of primary amides is 3. The second-order valence-corrected chi connectivity index (χ2v) is 24.8. The van der Waals surface area contributed by atoms with Crippen molar-refractivity contribution < 1.29 is 66.9 Å². The molecule has 7 aromatic rings. The molecule has 101 heavy (non-hydrogen) atoms. The number of nitrogens with two attached hydrogens (primary N) is 4. The zero-order chi connectivity index (χ0) is 72.5. The molecule has 0 saturated carbocycles. The second kappa shape index (κ2) is 34.3. The Morgan fingerprint density at radius 2 is 1.35 bits per heavy atom. The fourth-order valence-corrected chi connectivity index (χ4v) is 11.9. The molecule has 14 N–H and O–H groups in total. The molecule has 9 rings (SSSR count). The predicted molar refractivity (Wildman–Crippen MR) is 370 cm³/mol. The lowest BCUT2D eigenvalue weighted by Crippen LogP contribution is -2.70. The number of allylic oxidation sites excluding steroid dienone is 2. The number of carbonyl (C=O) groups is 9. The van der Waals surface area contributed by atoms with Crippen molar-refractivity contribution in [3.05, 3.63) is 118 Å². The number of hydrogen-bond donors (Lipinski definition) is 10. The van der Waals surface area contributed by atoms with E-state index in [1.54, 1.807) is 112 Å². The van der Waals surface area contributed by atoms with Crippen LogP contribution in [0.4, 0.5) is 27.2 Å². The summed E-state index contributed by atoms with van der Waals surface area (Å²) in [5, 5.41) is 25.5. The van der Waals surface area contributed by atoms with Crippen LogP contribution in [0.1, 0.15) is 112 Å². The maximum absolute atomic E-state index is 14.1. The SMILES string of the molecule is CCn1nc(C)cc1C(=O)Nc1nc2cc(C(N)=O)ccc2n1C/C=C/Cn1c(NC(=O)c2cc(C)nn2CC)nc2cc(C(N)=O)cc(OCCCN3CC4(C3)CN(C(=O)OCc3ccc(NC(=O)[C@H](CCCNC(N)=O)NC(=O)[C@@H](NC(=O)CCOCCON)C(C)C)cc3)CCO4)c21. The Morgan fingerprint density at radius 3 is 1.98 bits per heavy atom. The highest BCUT2D eigenvalue weighted by atomic mass is 16.6. The van der Waals surface area contributed by atoms with Crippen LogP contribution in [-0.2, 0) is 66.2 Å². The van der Waals surface area contributed by atoms with Gasteiger partial charge in [-0.3, -0.25) is 58.5 Å². The first kappa shape index (κ1) is 74.4. The Bertz CT molecular complexity index is 4190. The lowest BCUT2D eigenvalue weighted by molar-refractivity contribution is -0.179. The molecule has 6 heterocycles. The van der Waals surface area contributed by atoms with Crippen LogP contribution < -0.4 is 59.7 Å². The van der Waals surface area contributed by atoms with Gasteiger partial charge < -0.3 is 76.3 Å². The molecule has 2 aliphatic rings. The maximum atomic E-state index is 14.1. The Labute approximate surface area is 581 Å². The third kappa shape index (κ3) is 19.4. The van der Waals surface area contributed by atoms with Gasteiger partial charge in [-0.05, 0) is 113 Å².